The molecule has 5 aliphatic rings. The van der Waals surface area contributed by atoms with Gasteiger partial charge in [-0.3, -0.25) is 4.90 Å². The van der Waals surface area contributed by atoms with Crippen molar-refractivity contribution in [1.82, 2.24) is 14.7 Å². The van der Waals surface area contributed by atoms with E-state index in [1.807, 2.05) is 18.7 Å². The molecule has 3 atom stereocenters. The number of nitrogens with zero attached hydrogens (tertiary/aromatic N) is 3. The maximum Gasteiger partial charge on any atom is 0.410 e. The van der Waals surface area contributed by atoms with Gasteiger partial charge in [-0.25, -0.2) is 4.79 Å². The summed E-state index contributed by atoms with van der Waals surface area (Å²) >= 11 is 0. The standard InChI is InChI=1S/C22H37N3O4/c1-16(2)28-21(26)24-13-6-17(7-14-24)23-11-8-18(9-12-23)25-19-5-3-4-10-22(19)27-15-20(25)29-22/h16-20H,3-15H2,1-2H3/t19-,20?,22-/m0/s1. The van der Waals surface area contributed by atoms with Crippen LogP contribution in [0.1, 0.15) is 65.2 Å². The molecule has 0 aromatic carbocycles. The number of morpholine rings is 1. The van der Waals surface area contributed by atoms with E-state index in [9.17, 15) is 4.79 Å². The van der Waals surface area contributed by atoms with Gasteiger partial charge < -0.3 is 24.0 Å². The lowest BCUT2D eigenvalue weighted by molar-refractivity contribution is -0.179. The SMILES string of the molecule is CC(C)OC(=O)N1CCC(N2CCC(N3C4CO[C@@]5(CCCC[C@H]35)O4)CC2)CC1. The quantitative estimate of drug-likeness (QED) is 0.717. The van der Waals surface area contributed by atoms with Gasteiger partial charge in [0.2, 0.25) is 0 Å². The molecule has 0 aromatic heterocycles. The molecule has 1 amide bonds. The van der Waals surface area contributed by atoms with E-state index in [0.717, 1.165) is 52.0 Å². The maximum atomic E-state index is 12.1. The molecule has 7 nitrogen and oxygen atoms in total. The van der Waals surface area contributed by atoms with Crippen molar-refractivity contribution in [3.8, 4) is 0 Å². The number of rotatable bonds is 3. The van der Waals surface area contributed by atoms with Crippen LogP contribution in [0.15, 0.2) is 0 Å². The molecule has 2 bridgehead atoms. The van der Waals surface area contributed by atoms with Crippen LogP contribution in [0, 0.1) is 0 Å². The van der Waals surface area contributed by atoms with Gasteiger partial charge in [0.15, 0.2) is 5.79 Å². The van der Waals surface area contributed by atoms with Crippen molar-refractivity contribution in [3.63, 3.8) is 0 Å². The number of hydrogen-bond acceptors (Lipinski definition) is 6. The zero-order valence-corrected chi connectivity index (χ0v) is 18.1. The van der Waals surface area contributed by atoms with Crippen molar-refractivity contribution >= 4 is 6.09 Å². The fourth-order valence-electron chi connectivity index (χ4n) is 6.36. The van der Waals surface area contributed by atoms with Crippen LogP contribution in [-0.4, -0.2) is 89.8 Å². The first-order chi connectivity index (χ1) is 14.1. The molecule has 0 aromatic rings. The van der Waals surface area contributed by atoms with Crippen LogP contribution >= 0.6 is 0 Å². The number of hydrogen-bond donors (Lipinski definition) is 0. The fraction of sp³-hybridized carbons (Fsp3) is 0.955. The van der Waals surface area contributed by atoms with Gasteiger partial charge in [0.05, 0.1) is 18.8 Å². The molecule has 1 unspecified atom stereocenters. The van der Waals surface area contributed by atoms with E-state index in [4.69, 9.17) is 14.2 Å². The topological polar surface area (TPSA) is 54.5 Å². The first-order valence-electron chi connectivity index (χ1n) is 11.8. The zero-order chi connectivity index (χ0) is 20.0. The summed E-state index contributed by atoms with van der Waals surface area (Å²) in [5.41, 5.74) is 0. The molecule has 164 valence electrons. The van der Waals surface area contributed by atoms with Crippen LogP contribution in [0.4, 0.5) is 4.79 Å². The van der Waals surface area contributed by atoms with E-state index in [1.54, 1.807) is 0 Å². The van der Waals surface area contributed by atoms with Crippen molar-refractivity contribution in [1.29, 1.82) is 0 Å². The van der Waals surface area contributed by atoms with E-state index in [2.05, 4.69) is 9.80 Å². The number of amides is 1. The van der Waals surface area contributed by atoms with Crippen molar-refractivity contribution < 1.29 is 19.0 Å². The first kappa shape index (κ1) is 20.0. The third kappa shape index (κ3) is 3.68. The Morgan fingerprint density at radius 2 is 1.72 bits per heavy atom. The zero-order valence-electron chi connectivity index (χ0n) is 18.1. The Kier molecular flexibility index (Phi) is 5.52. The normalized spacial score (nSPS) is 37.3. The maximum absolute atomic E-state index is 12.1. The fourth-order valence-corrected chi connectivity index (χ4v) is 6.36. The van der Waals surface area contributed by atoms with E-state index >= 15 is 0 Å². The lowest BCUT2D eigenvalue weighted by Gasteiger charge is -2.48. The minimum absolute atomic E-state index is 0.0437. The van der Waals surface area contributed by atoms with Gasteiger partial charge >= 0.3 is 6.09 Å². The van der Waals surface area contributed by atoms with E-state index < -0.39 is 0 Å². The van der Waals surface area contributed by atoms with Gasteiger partial charge in [-0.05, 0) is 65.5 Å². The first-order valence-corrected chi connectivity index (χ1v) is 11.8. The Labute approximate surface area is 174 Å². The Morgan fingerprint density at radius 1 is 1.00 bits per heavy atom. The molecule has 5 fully saturated rings. The summed E-state index contributed by atoms with van der Waals surface area (Å²) in [7, 11) is 0. The minimum atomic E-state index is -0.280. The summed E-state index contributed by atoms with van der Waals surface area (Å²) in [5, 5.41) is 0. The minimum Gasteiger partial charge on any atom is -0.447 e. The molecule has 0 N–H and O–H groups in total. The Balaban J connectivity index is 1.12. The second-order valence-corrected chi connectivity index (χ2v) is 9.82. The molecular formula is C22H37N3O4. The van der Waals surface area contributed by atoms with Gasteiger partial charge in [0, 0.05) is 31.6 Å². The second kappa shape index (κ2) is 7.98. The number of ether oxygens (including phenoxy) is 3. The predicted molar refractivity (Wildman–Crippen MR) is 108 cm³/mol. The van der Waals surface area contributed by atoms with Crippen molar-refractivity contribution in [2.24, 2.45) is 0 Å². The third-order valence-electron chi connectivity index (χ3n) is 7.75. The summed E-state index contributed by atoms with van der Waals surface area (Å²) in [6.45, 7) is 8.54. The van der Waals surface area contributed by atoms with Gasteiger partial charge in [0.1, 0.15) is 6.23 Å². The van der Waals surface area contributed by atoms with Crippen LogP contribution in [0.2, 0.25) is 0 Å². The summed E-state index contributed by atoms with van der Waals surface area (Å²) < 4.78 is 17.8. The molecular weight excluding hydrogens is 370 g/mol. The molecule has 4 heterocycles. The monoisotopic (exact) mass is 407 g/mol. The van der Waals surface area contributed by atoms with Gasteiger partial charge in [-0.15, -0.1) is 0 Å². The van der Waals surface area contributed by atoms with Crippen LogP contribution in [0.5, 0.6) is 0 Å². The smallest absolute Gasteiger partial charge is 0.410 e. The van der Waals surface area contributed by atoms with Crippen LogP contribution in [0.3, 0.4) is 0 Å². The number of likely N-dealkylation sites (tertiary alicyclic amines) is 2. The molecule has 1 spiro atoms. The molecule has 4 saturated heterocycles. The lowest BCUT2D eigenvalue weighted by Crippen LogP contribution is -2.59. The van der Waals surface area contributed by atoms with Crippen molar-refractivity contribution in [2.45, 2.75) is 101 Å². The number of carbonyl (C=O) groups is 1. The van der Waals surface area contributed by atoms with E-state index in [-0.39, 0.29) is 24.2 Å². The molecule has 7 heteroatoms. The largest absolute Gasteiger partial charge is 0.447 e. The van der Waals surface area contributed by atoms with Crippen LogP contribution in [-0.2, 0) is 14.2 Å². The average Bonchev–Trinajstić information content (AvgIpc) is 3.29. The lowest BCUT2D eigenvalue weighted by atomic mass is 9.86. The van der Waals surface area contributed by atoms with E-state index in [0.29, 0.717) is 18.1 Å². The Bertz CT molecular complexity index is 601. The van der Waals surface area contributed by atoms with Crippen molar-refractivity contribution in [3.05, 3.63) is 0 Å². The highest BCUT2D eigenvalue weighted by molar-refractivity contribution is 5.67. The number of carbonyl (C=O) groups excluding carboxylic acids is 1. The Hall–Kier alpha value is -0.890. The third-order valence-corrected chi connectivity index (χ3v) is 7.75. The summed E-state index contributed by atoms with van der Waals surface area (Å²) in [6, 6.07) is 1.71. The highest BCUT2D eigenvalue weighted by Gasteiger charge is 2.61. The molecule has 1 saturated carbocycles. The number of piperidine rings is 2. The van der Waals surface area contributed by atoms with Gasteiger partial charge in [-0.1, -0.05) is 6.42 Å². The summed E-state index contributed by atoms with van der Waals surface area (Å²) in [4.78, 5) is 19.4. The van der Waals surface area contributed by atoms with Gasteiger partial charge in [-0.2, -0.15) is 0 Å². The summed E-state index contributed by atoms with van der Waals surface area (Å²) in [5.74, 6) is -0.280. The number of fused-ring (bicyclic) bond motifs is 1. The van der Waals surface area contributed by atoms with Crippen LogP contribution in [0.25, 0.3) is 0 Å². The average molecular weight is 408 g/mol. The molecule has 5 rings (SSSR count). The molecule has 1 aliphatic carbocycles. The highest BCUT2D eigenvalue weighted by atomic mass is 16.8. The predicted octanol–water partition coefficient (Wildman–Crippen LogP) is 2.79. The summed E-state index contributed by atoms with van der Waals surface area (Å²) in [6.07, 6.45) is 9.40. The molecule has 0 radical (unpaired) electrons. The molecule has 29 heavy (non-hydrogen) atoms. The second-order valence-electron chi connectivity index (χ2n) is 9.82. The van der Waals surface area contributed by atoms with Crippen molar-refractivity contribution in [2.75, 3.05) is 32.8 Å². The van der Waals surface area contributed by atoms with Gasteiger partial charge in [0.25, 0.3) is 0 Å². The highest BCUT2D eigenvalue weighted by Crippen LogP contribution is 2.49. The van der Waals surface area contributed by atoms with Crippen LogP contribution < -0.4 is 0 Å². The Morgan fingerprint density at radius 3 is 2.45 bits per heavy atom. The molecule has 4 aliphatic heterocycles. The van der Waals surface area contributed by atoms with E-state index in [1.165, 1.54) is 32.1 Å².